The zero-order chi connectivity index (χ0) is 105. The van der Waals surface area contributed by atoms with Gasteiger partial charge in [-0.15, -0.1) is 143 Å². The van der Waals surface area contributed by atoms with Crippen LogP contribution in [0.3, 0.4) is 0 Å². The molecule has 8 heteroatoms. The minimum Gasteiger partial charge on any atom is -0.333 e. The van der Waals surface area contributed by atoms with E-state index in [9.17, 15) is 0 Å². The van der Waals surface area contributed by atoms with Gasteiger partial charge >= 0.3 is 20.1 Å². The van der Waals surface area contributed by atoms with Crippen LogP contribution in [0.1, 0.15) is 49.7 Å². The molecular formula is C124H83Ir2N6-4. The van der Waals surface area contributed by atoms with Gasteiger partial charge in [-0.3, -0.25) is 12.1 Å². The van der Waals surface area contributed by atoms with Crippen LogP contribution in [0.25, 0.3) is 212 Å². The molecule has 6 nitrogen and oxygen atoms in total. The van der Waals surface area contributed by atoms with Crippen molar-refractivity contribution in [3.8, 4) is 212 Å². The van der Waals surface area contributed by atoms with Gasteiger partial charge in [-0.1, -0.05) is 323 Å². The van der Waals surface area contributed by atoms with Gasteiger partial charge in [-0.2, -0.15) is 11.6 Å². The normalized spacial score (nSPS) is 13.0. The summed E-state index contributed by atoms with van der Waals surface area (Å²) in [5.74, 6) is 0.530. The Labute approximate surface area is 827 Å². The van der Waals surface area contributed by atoms with E-state index < -0.39 is 48.3 Å². The first-order chi connectivity index (χ1) is 72.4. The molecular weight excluding hydrogens is 1960 g/mol. The molecule has 0 saturated carbocycles. The number of rotatable bonds is 19. The molecule has 0 saturated heterocycles. The standard InChI is InChI=1S/C70H45N4.C54H38N2.2Ir/c1-47-40-68(73-45-66(47)49-16-5-3-6-17-49)54-32-26-51(27-33-54)60-20-9-12-23-63(60)57-42-58(44-59(43-57)65-25-14-11-22-62(65)53-30-36-56(37-31-53)70-71-38-15-39-72-70)64-24-13-10-21-61(64)52-28-34-55(35-29-52)69-41-48(2)67(46-74-69)50-18-7-4-8-19-50;1-37-32-53(55-35-51(37)39-14-5-3-6-15-39)43-28-24-41(25-29-43)47-20-9-11-22-49(47)45-18-13-19-46(34-45)50-23-12-10-21-48(50)42-26-30-44(31-27-42)54-33-38(2)52(36-56-54)40-16-7-4-8-17-40;;/h3-21,23-32,34,38-46H,1-2H3;3-28,30,32-36H,1-2H3;;/q-5;-2;;+3/i3D,4D,5D,6D,7D,8D,16D,17D,18D,19D;3D,4D,5D,6D,7D,8D,14D,15D,16D,17D;;. The van der Waals surface area contributed by atoms with Gasteiger partial charge < -0.3 is 29.9 Å². The summed E-state index contributed by atoms with van der Waals surface area (Å²) >= 11 is 0. The first-order valence-corrected chi connectivity index (χ1v) is 42.0. The van der Waals surface area contributed by atoms with E-state index in [1.54, 1.807) is 43.2 Å². The fourth-order valence-corrected chi connectivity index (χ4v) is 16.3. The van der Waals surface area contributed by atoms with Gasteiger partial charge in [0.1, 0.15) is 0 Å². The third-order valence-electron chi connectivity index (χ3n) is 22.9. The smallest absolute Gasteiger partial charge is 0.333 e. The zero-order valence-corrected chi connectivity index (χ0v) is 76.1. The average molecular weight is 2060 g/mol. The Hall–Kier alpha value is -15.5. The molecule has 0 atom stereocenters. The first-order valence-electron chi connectivity index (χ1n) is 52.0. The Bertz CT molecular complexity index is 8410. The van der Waals surface area contributed by atoms with Gasteiger partial charge in [0.2, 0.25) is 0 Å². The number of hydrogen-bond acceptors (Lipinski definition) is 6. The van der Waals surface area contributed by atoms with E-state index >= 15 is 0 Å². The van der Waals surface area contributed by atoms with Crippen molar-refractivity contribution >= 4 is 0 Å². The predicted octanol–water partition coefficient (Wildman–Crippen LogP) is 31.2. The van der Waals surface area contributed by atoms with Crippen LogP contribution < -0.4 is 0 Å². The Morgan fingerprint density at radius 1 is 0.220 bits per heavy atom. The number of aryl methyl sites for hydroxylation is 4. The van der Waals surface area contributed by atoms with E-state index in [4.69, 9.17) is 37.4 Å². The van der Waals surface area contributed by atoms with E-state index in [0.717, 1.165) is 145 Å². The first kappa shape index (κ1) is 66.0. The third kappa shape index (κ3) is 18.9. The van der Waals surface area contributed by atoms with E-state index in [0.29, 0.717) is 67.5 Å². The molecule has 1 radical (unpaired) electrons. The molecule has 16 aromatic carbocycles. The van der Waals surface area contributed by atoms with Crippen molar-refractivity contribution in [2.24, 2.45) is 0 Å². The van der Waals surface area contributed by atoms with Gasteiger partial charge in [0.25, 0.3) is 0 Å². The minimum absolute atomic E-state index is 0. The Balaban J connectivity index is 0.000000201. The maximum absolute atomic E-state index is 8.55. The predicted molar refractivity (Wildman–Crippen MR) is 534 cm³/mol. The summed E-state index contributed by atoms with van der Waals surface area (Å²) in [5.41, 5.74) is 30.8. The Kier molecular flexibility index (Phi) is 20.0. The number of pyridine rings is 4. The topological polar surface area (TPSA) is 77.3 Å². The summed E-state index contributed by atoms with van der Waals surface area (Å²) in [6.07, 6.45) is 9.63. The summed E-state index contributed by atoms with van der Waals surface area (Å²) in [6.45, 7) is 7.36. The van der Waals surface area contributed by atoms with Gasteiger partial charge in [0, 0.05) is 79.5 Å². The van der Waals surface area contributed by atoms with Crippen molar-refractivity contribution in [1.82, 2.24) is 29.9 Å². The van der Waals surface area contributed by atoms with Gasteiger partial charge in [-0.05, 0) is 164 Å². The van der Waals surface area contributed by atoms with Crippen LogP contribution in [0.4, 0.5) is 0 Å². The van der Waals surface area contributed by atoms with E-state index in [-0.39, 0.29) is 135 Å². The molecule has 0 aliphatic rings. The van der Waals surface area contributed by atoms with Crippen molar-refractivity contribution < 1.29 is 67.6 Å². The molecule has 631 valence electrons. The molecule has 0 aliphatic carbocycles. The Morgan fingerprint density at radius 3 is 0.788 bits per heavy atom. The SMILES string of the molecule is [2H]c1c([2H])c([2H])c(-c2cnc(-c3[c-]cc(-c4ccccc4-c4cc(-c5ccc[c-]c5-c5c[c-]c(-c6ncccn6)[c-]c5)cc(-c5ccccc5-c5c[c-]c(-c6cc(C)c(-c7c([2H])c([2H])c([2H])c([2H])c7[2H])cn6)cc5)c4)cc3)cc2C)c([2H])c1[2H].[2H]c1c([2H])c([2H])c(-c2cnc(-c3[c-]cc(-c4ccccc4-c4cccc(-c5ccccc5-c5c[c-]c(-c6cc(C)c(-c7c([2H])c([2H])c([2H])c([2H])c7[2H])cn6)cc5)c4)cc3)cc2C)c([2H])c1[2H].[Ir+3].[Ir]. The van der Waals surface area contributed by atoms with Crippen LogP contribution in [-0.2, 0) is 40.2 Å². The number of nitrogens with zero attached hydrogens (tertiary/aromatic N) is 6. The number of aromatic nitrogens is 6. The van der Waals surface area contributed by atoms with Gasteiger partial charge in [0.15, 0.2) is 0 Å². The molecule has 0 amide bonds. The quantitative estimate of drug-likeness (QED) is 0.0751. The summed E-state index contributed by atoms with van der Waals surface area (Å²) in [6, 6.07) is 108. The van der Waals surface area contributed by atoms with Crippen molar-refractivity contribution in [2.75, 3.05) is 0 Å². The second-order valence-electron chi connectivity index (χ2n) is 31.0. The monoisotopic (exact) mass is 2060 g/mol. The molecule has 0 spiro atoms. The maximum atomic E-state index is 8.55. The Morgan fingerprint density at radius 2 is 0.492 bits per heavy atom. The molecule has 5 heterocycles. The second kappa shape index (κ2) is 40.0. The molecule has 0 fully saturated rings. The third-order valence-corrected chi connectivity index (χ3v) is 22.9. The largest absolute Gasteiger partial charge is 3.00 e. The molecule has 21 rings (SSSR count). The van der Waals surface area contributed by atoms with Gasteiger partial charge in [-0.25, -0.2) is 23.3 Å². The van der Waals surface area contributed by atoms with Crippen LogP contribution in [0.2, 0.25) is 0 Å². The van der Waals surface area contributed by atoms with E-state index in [1.807, 2.05) is 198 Å². The molecule has 132 heavy (non-hydrogen) atoms. The molecule has 0 unspecified atom stereocenters. The number of benzene rings is 16. The van der Waals surface area contributed by atoms with Crippen molar-refractivity contribution in [1.29, 1.82) is 0 Å². The zero-order valence-electron chi connectivity index (χ0n) is 91.3. The fourth-order valence-electron chi connectivity index (χ4n) is 16.3. The van der Waals surface area contributed by atoms with Crippen molar-refractivity contribution in [3.05, 3.63) is 496 Å². The molecule has 21 aromatic rings. The van der Waals surface area contributed by atoms with E-state index in [1.165, 1.54) is 0 Å². The minimum atomic E-state index is -0.445. The summed E-state index contributed by atoms with van der Waals surface area (Å²) in [5, 5.41) is 0. The van der Waals surface area contributed by atoms with Crippen LogP contribution in [-0.4, -0.2) is 29.9 Å². The number of hydrogen-bond donors (Lipinski definition) is 0. The average Bonchev–Trinajstić information content (AvgIpc) is 0.774. The maximum Gasteiger partial charge on any atom is 3.00 e. The molecule has 0 bridgehead atoms. The summed E-state index contributed by atoms with van der Waals surface area (Å²) in [7, 11) is 0. The van der Waals surface area contributed by atoms with Crippen LogP contribution in [0.15, 0.2) is 431 Å². The van der Waals surface area contributed by atoms with Crippen molar-refractivity contribution in [2.45, 2.75) is 27.7 Å². The summed E-state index contributed by atoms with van der Waals surface area (Å²) in [4.78, 5) is 27.5. The van der Waals surface area contributed by atoms with Crippen molar-refractivity contribution in [3.63, 3.8) is 0 Å². The van der Waals surface area contributed by atoms with Crippen LogP contribution in [0, 0.1) is 70.2 Å². The van der Waals surface area contributed by atoms with Crippen LogP contribution >= 0.6 is 0 Å². The fraction of sp³-hybridized carbons (Fsp3) is 0.0323. The second-order valence-corrected chi connectivity index (χ2v) is 31.0. The van der Waals surface area contributed by atoms with E-state index in [2.05, 4.69) is 159 Å². The summed E-state index contributed by atoms with van der Waals surface area (Å²) < 4.78 is 165. The van der Waals surface area contributed by atoms with Gasteiger partial charge in [0.05, 0.1) is 27.4 Å². The molecule has 0 N–H and O–H groups in total. The van der Waals surface area contributed by atoms with Crippen LogP contribution in [0.5, 0.6) is 0 Å². The molecule has 0 aliphatic heterocycles. The molecule has 5 aromatic heterocycles.